The van der Waals surface area contributed by atoms with Gasteiger partial charge in [-0.25, -0.2) is 0 Å². The normalized spacial score (nSPS) is 10.3. The van der Waals surface area contributed by atoms with Crippen molar-refractivity contribution in [1.82, 2.24) is 4.98 Å². The molecule has 0 bridgehead atoms. The molecule has 1 heterocycles. The van der Waals surface area contributed by atoms with Gasteiger partial charge in [0.25, 0.3) is 0 Å². The van der Waals surface area contributed by atoms with Gasteiger partial charge in [0.2, 0.25) is 0 Å². The number of nitrogens with zero attached hydrogens (tertiary/aromatic N) is 1. The van der Waals surface area contributed by atoms with Crippen LogP contribution in [-0.4, -0.2) is 11.0 Å². The smallest absolute Gasteiger partial charge is 0.0559 e. The van der Waals surface area contributed by atoms with Crippen LogP contribution in [0.5, 0.6) is 0 Å². The van der Waals surface area contributed by atoms with E-state index < -0.39 is 0 Å². The minimum Gasteiger partial charge on any atom is -0.383 e. The fourth-order valence-corrected chi connectivity index (χ4v) is 1.01. The van der Waals surface area contributed by atoms with Crippen molar-refractivity contribution in [2.24, 2.45) is 5.73 Å². The minimum atomic E-state index is 0.443. The molecule has 0 radical (unpaired) electrons. The maximum absolute atomic E-state index is 5.46. The summed E-state index contributed by atoms with van der Waals surface area (Å²) in [7, 11) is 0. The minimum absolute atomic E-state index is 0.443. The summed E-state index contributed by atoms with van der Waals surface area (Å²) in [6.07, 6.45) is 1.77. The van der Waals surface area contributed by atoms with Crippen LogP contribution in [0.2, 0.25) is 0 Å². The van der Waals surface area contributed by atoms with Crippen molar-refractivity contribution in [2.45, 2.75) is 26.4 Å². The number of anilines is 1. The number of nitrogens with two attached hydrogens (primary N) is 1. The number of pyridine rings is 1. The van der Waals surface area contributed by atoms with Crippen molar-refractivity contribution in [2.75, 3.05) is 5.32 Å². The van der Waals surface area contributed by atoms with Gasteiger partial charge in [0, 0.05) is 24.5 Å². The van der Waals surface area contributed by atoms with E-state index in [9.17, 15) is 0 Å². The standard InChI is InChI=1S/C9H15N3/c1-7(2)12-8-3-4-11-9(5-8)6-10/h3-5,7H,6,10H2,1-2H3,(H,11,12). The molecule has 0 fully saturated rings. The van der Waals surface area contributed by atoms with E-state index in [4.69, 9.17) is 5.73 Å². The molecular weight excluding hydrogens is 150 g/mol. The molecule has 0 aliphatic carbocycles. The summed E-state index contributed by atoms with van der Waals surface area (Å²) in [4.78, 5) is 4.10. The van der Waals surface area contributed by atoms with Gasteiger partial charge in [-0.1, -0.05) is 0 Å². The maximum Gasteiger partial charge on any atom is 0.0559 e. The first-order valence-electron chi connectivity index (χ1n) is 4.14. The first-order chi connectivity index (χ1) is 5.72. The second kappa shape index (κ2) is 4.07. The molecular formula is C9H15N3. The lowest BCUT2D eigenvalue weighted by atomic mass is 10.3. The molecule has 0 saturated carbocycles. The predicted octanol–water partition coefficient (Wildman–Crippen LogP) is 1.36. The number of hydrogen-bond donors (Lipinski definition) is 2. The van der Waals surface area contributed by atoms with Crippen molar-refractivity contribution in [3.8, 4) is 0 Å². The molecule has 0 unspecified atom stereocenters. The quantitative estimate of drug-likeness (QED) is 0.711. The first kappa shape index (κ1) is 9.00. The zero-order chi connectivity index (χ0) is 8.97. The Bertz CT molecular complexity index is 245. The topological polar surface area (TPSA) is 50.9 Å². The van der Waals surface area contributed by atoms with Gasteiger partial charge in [-0.05, 0) is 26.0 Å². The monoisotopic (exact) mass is 165 g/mol. The molecule has 0 spiro atoms. The summed E-state index contributed by atoms with van der Waals surface area (Å²) in [5.74, 6) is 0. The fraction of sp³-hybridized carbons (Fsp3) is 0.444. The molecule has 1 aromatic rings. The zero-order valence-corrected chi connectivity index (χ0v) is 7.54. The number of rotatable bonds is 3. The second-order valence-corrected chi connectivity index (χ2v) is 3.04. The lowest BCUT2D eigenvalue weighted by molar-refractivity contribution is 0.895. The van der Waals surface area contributed by atoms with Crippen LogP contribution < -0.4 is 11.1 Å². The summed E-state index contributed by atoms with van der Waals surface area (Å²) in [5, 5.41) is 3.28. The van der Waals surface area contributed by atoms with E-state index in [0.29, 0.717) is 12.6 Å². The van der Waals surface area contributed by atoms with E-state index in [1.165, 1.54) is 0 Å². The van der Waals surface area contributed by atoms with E-state index in [1.54, 1.807) is 6.20 Å². The first-order valence-corrected chi connectivity index (χ1v) is 4.14. The van der Waals surface area contributed by atoms with Crippen LogP contribution >= 0.6 is 0 Å². The highest BCUT2D eigenvalue weighted by molar-refractivity contribution is 5.43. The van der Waals surface area contributed by atoms with Gasteiger partial charge in [0.05, 0.1) is 5.69 Å². The number of hydrogen-bond acceptors (Lipinski definition) is 3. The summed E-state index contributed by atoms with van der Waals surface area (Å²) in [6.45, 7) is 4.69. The third-order valence-electron chi connectivity index (χ3n) is 1.48. The van der Waals surface area contributed by atoms with Crippen LogP contribution in [0.15, 0.2) is 18.3 Å². The molecule has 66 valence electrons. The highest BCUT2D eigenvalue weighted by Crippen LogP contribution is 2.08. The van der Waals surface area contributed by atoms with Crippen molar-refractivity contribution in [3.63, 3.8) is 0 Å². The van der Waals surface area contributed by atoms with Crippen LogP contribution in [-0.2, 0) is 6.54 Å². The Hall–Kier alpha value is -1.09. The van der Waals surface area contributed by atoms with Gasteiger partial charge in [-0.3, -0.25) is 4.98 Å². The van der Waals surface area contributed by atoms with Crippen LogP contribution in [0, 0.1) is 0 Å². The molecule has 1 aromatic heterocycles. The maximum atomic E-state index is 5.46. The SMILES string of the molecule is CC(C)Nc1ccnc(CN)c1. The number of nitrogens with one attached hydrogen (secondary N) is 1. The molecule has 1 rings (SSSR count). The molecule has 0 saturated heterocycles. The third-order valence-corrected chi connectivity index (χ3v) is 1.48. The average Bonchev–Trinajstić information content (AvgIpc) is 2.03. The molecule has 3 nitrogen and oxygen atoms in total. The van der Waals surface area contributed by atoms with E-state index >= 15 is 0 Å². The van der Waals surface area contributed by atoms with Gasteiger partial charge in [0.15, 0.2) is 0 Å². The Labute approximate surface area is 73.0 Å². The Morgan fingerprint density at radius 3 is 2.92 bits per heavy atom. The van der Waals surface area contributed by atoms with Gasteiger partial charge in [-0.15, -0.1) is 0 Å². The van der Waals surface area contributed by atoms with Crippen molar-refractivity contribution in [1.29, 1.82) is 0 Å². The molecule has 3 heteroatoms. The fourth-order valence-electron chi connectivity index (χ4n) is 1.01. The van der Waals surface area contributed by atoms with Crippen molar-refractivity contribution >= 4 is 5.69 Å². The highest BCUT2D eigenvalue weighted by atomic mass is 14.9. The molecule has 0 atom stereocenters. The van der Waals surface area contributed by atoms with Crippen LogP contribution in [0.4, 0.5) is 5.69 Å². The van der Waals surface area contributed by atoms with Gasteiger partial charge in [-0.2, -0.15) is 0 Å². The van der Waals surface area contributed by atoms with Gasteiger partial charge >= 0.3 is 0 Å². The summed E-state index contributed by atoms with van der Waals surface area (Å²) in [5.41, 5.74) is 7.46. The highest BCUT2D eigenvalue weighted by Gasteiger charge is 1.96. The lowest BCUT2D eigenvalue weighted by Crippen LogP contribution is -2.10. The van der Waals surface area contributed by atoms with Crippen LogP contribution in [0.3, 0.4) is 0 Å². The summed E-state index contributed by atoms with van der Waals surface area (Å²) < 4.78 is 0. The zero-order valence-electron chi connectivity index (χ0n) is 7.54. The lowest BCUT2D eigenvalue weighted by Gasteiger charge is -2.09. The van der Waals surface area contributed by atoms with E-state index in [1.807, 2.05) is 12.1 Å². The van der Waals surface area contributed by atoms with Crippen molar-refractivity contribution < 1.29 is 0 Å². The molecule has 0 amide bonds. The molecule has 3 N–H and O–H groups in total. The Kier molecular flexibility index (Phi) is 3.05. The van der Waals surface area contributed by atoms with E-state index in [0.717, 1.165) is 11.4 Å². The second-order valence-electron chi connectivity index (χ2n) is 3.04. The van der Waals surface area contributed by atoms with E-state index in [2.05, 4.69) is 24.1 Å². The van der Waals surface area contributed by atoms with Crippen LogP contribution in [0.1, 0.15) is 19.5 Å². The average molecular weight is 165 g/mol. The summed E-state index contributed by atoms with van der Waals surface area (Å²) in [6, 6.07) is 4.36. The largest absolute Gasteiger partial charge is 0.383 e. The Morgan fingerprint density at radius 2 is 2.33 bits per heavy atom. The predicted molar refractivity (Wildman–Crippen MR) is 50.9 cm³/mol. The van der Waals surface area contributed by atoms with Crippen molar-refractivity contribution in [3.05, 3.63) is 24.0 Å². The molecule has 12 heavy (non-hydrogen) atoms. The Morgan fingerprint density at radius 1 is 1.58 bits per heavy atom. The Balaban J connectivity index is 2.72. The van der Waals surface area contributed by atoms with Crippen LogP contribution in [0.25, 0.3) is 0 Å². The molecule has 0 aromatic carbocycles. The molecule has 0 aliphatic heterocycles. The van der Waals surface area contributed by atoms with E-state index in [-0.39, 0.29) is 0 Å². The number of aromatic nitrogens is 1. The summed E-state index contributed by atoms with van der Waals surface area (Å²) >= 11 is 0. The van der Waals surface area contributed by atoms with Gasteiger partial charge in [0.1, 0.15) is 0 Å². The van der Waals surface area contributed by atoms with Gasteiger partial charge < -0.3 is 11.1 Å². The molecule has 0 aliphatic rings. The third kappa shape index (κ3) is 2.51.